The van der Waals surface area contributed by atoms with Gasteiger partial charge in [0.15, 0.2) is 0 Å². The van der Waals surface area contributed by atoms with E-state index >= 15 is 0 Å². The molecule has 0 spiro atoms. The topological polar surface area (TPSA) is 134 Å². The first-order valence-corrected chi connectivity index (χ1v) is 8.23. The minimum atomic E-state index is -4.74. The van der Waals surface area contributed by atoms with Crippen LogP contribution in [0.3, 0.4) is 0 Å². The summed E-state index contributed by atoms with van der Waals surface area (Å²) in [4.78, 5) is 6.02. The standard InChI is InChI=1S/C13H19N5O4S/c1-2-17(9-10-6-4-3-5-7-10)12-8-11(14)18(13(15)16-12)22-23(19,20)21/h3-8,11H,2,9,14H2,1H3,(H2,15,16)(H,19,20,21). The van der Waals surface area contributed by atoms with Crippen molar-refractivity contribution >= 4 is 16.4 Å². The number of hydrogen-bond donors (Lipinski definition) is 3. The molecule has 1 aromatic carbocycles. The molecule has 0 radical (unpaired) electrons. The van der Waals surface area contributed by atoms with Crippen LogP contribution < -0.4 is 11.5 Å². The summed E-state index contributed by atoms with van der Waals surface area (Å²) in [5, 5.41) is 0.620. The van der Waals surface area contributed by atoms with Crippen LogP contribution in [0.15, 0.2) is 47.2 Å². The number of guanidine groups is 1. The number of benzene rings is 1. The highest BCUT2D eigenvalue weighted by atomic mass is 32.3. The minimum absolute atomic E-state index is 0.265. The zero-order valence-electron chi connectivity index (χ0n) is 12.5. The second-order valence-corrected chi connectivity index (χ2v) is 5.82. The Bertz CT molecular complexity index is 704. The van der Waals surface area contributed by atoms with E-state index in [4.69, 9.17) is 16.0 Å². The van der Waals surface area contributed by atoms with E-state index in [1.807, 2.05) is 42.2 Å². The molecule has 0 saturated carbocycles. The molecule has 0 saturated heterocycles. The summed E-state index contributed by atoms with van der Waals surface area (Å²) in [6.45, 7) is 3.18. The molecule has 23 heavy (non-hydrogen) atoms. The van der Waals surface area contributed by atoms with Gasteiger partial charge in [-0.05, 0) is 18.6 Å². The van der Waals surface area contributed by atoms with Gasteiger partial charge in [-0.2, -0.15) is 18.5 Å². The maximum atomic E-state index is 10.8. The van der Waals surface area contributed by atoms with Crippen molar-refractivity contribution in [1.29, 1.82) is 0 Å². The van der Waals surface area contributed by atoms with Gasteiger partial charge in [0, 0.05) is 13.1 Å². The molecule has 1 heterocycles. The highest BCUT2D eigenvalue weighted by Crippen LogP contribution is 2.18. The summed E-state index contributed by atoms with van der Waals surface area (Å²) in [5.41, 5.74) is 12.6. The molecule has 1 aromatic rings. The van der Waals surface area contributed by atoms with Gasteiger partial charge in [-0.3, -0.25) is 4.55 Å². The number of aliphatic imine (C=N–C) groups is 1. The molecule has 5 N–H and O–H groups in total. The molecule has 0 aromatic heterocycles. The molecule has 2 rings (SSSR count). The molecule has 1 aliphatic rings. The zero-order chi connectivity index (χ0) is 17.0. The summed E-state index contributed by atoms with van der Waals surface area (Å²) in [7, 11) is -4.74. The van der Waals surface area contributed by atoms with Crippen LogP contribution in [-0.4, -0.2) is 41.6 Å². The Labute approximate surface area is 134 Å². The Morgan fingerprint density at radius 2 is 2.04 bits per heavy atom. The largest absolute Gasteiger partial charge is 0.418 e. The summed E-state index contributed by atoms with van der Waals surface area (Å²) >= 11 is 0. The molecule has 1 unspecified atom stereocenters. The van der Waals surface area contributed by atoms with E-state index in [0.717, 1.165) is 5.56 Å². The molecular weight excluding hydrogens is 322 g/mol. The molecule has 1 atom stereocenters. The van der Waals surface area contributed by atoms with Gasteiger partial charge in [-0.1, -0.05) is 30.3 Å². The number of hydroxylamine groups is 2. The molecular formula is C13H19N5O4S. The number of hydrogen-bond acceptors (Lipinski definition) is 8. The van der Waals surface area contributed by atoms with Crippen molar-refractivity contribution in [3.05, 3.63) is 47.8 Å². The first-order chi connectivity index (χ1) is 10.8. The van der Waals surface area contributed by atoms with Gasteiger partial charge in [0.25, 0.3) is 0 Å². The Morgan fingerprint density at radius 1 is 1.39 bits per heavy atom. The van der Waals surface area contributed by atoms with Crippen LogP contribution >= 0.6 is 0 Å². The van der Waals surface area contributed by atoms with Crippen molar-refractivity contribution in [3.63, 3.8) is 0 Å². The summed E-state index contributed by atoms with van der Waals surface area (Å²) < 4.78 is 34.6. The van der Waals surface area contributed by atoms with Crippen molar-refractivity contribution in [2.45, 2.75) is 19.6 Å². The van der Waals surface area contributed by atoms with Crippen LogP contribution in [0.4, 0.5) is 0 Å². The summed E-state index contributed by atoms with van der Waals surface area (Å²) in [6.07, 6.45) is 0.489. The second-order valence-electron chi connectivity index (χ2n) is 4.81. The first-order valence-electron chi connectivity index (χ1n) is 6.87. The van der Waals surface area contributed by atoms with Crippen LogP contribution in [-0.2, 0) is 21.2 Å². The highest BCUT2D eigenvalue weighted by Gasteiger charge is 2.27. The monoisotopic (exact) mass is 341 g/mol. The van der Waals surface area contributed by atoms with Crippen molar-refractivity contribution < 1.29 is 17.3 Å². The van der Waals surface area contributed by atoms with Crippen molar-refractivity contribution in [3.8, 4) is 0 Å². The van der Waals surface area contributed by atoms with Gasteiger partial charge in [0.05, 0.1) is 0 Å². The van der Waals surface area contributed by atoms with Crippen molar-refractivity contribution in [2.24, 2.45) is 16.5 Å². The smallest absolute Gasteiger partial charge is 0.368 e. The van der Waals surface area contributed by atoms with Crippen molar-refractivity contribution in [2.75, 3.05) is 6.54 Å². The van der Waals surface area contributed by atoms with Crippen LogP contribution in [0.2, 0.25) is 0 Å². The van der Waals surface area contributed by atoms with Gasteiger partial charge in [-0.25, -0.2) is 0 Å². The van der Waals surface area contributed by atoms with Crippen LogP contribution in [0.1, 0.15) is 12.5 Å². The maximum Gasteiger partial charge on any atom is 0.418 e. The Kier molecular flexibility index (Phi) is 5.21. The van der Waals surface area contributed by atoms with E-state index in [1.54, 1.807) is 0 Å². The average Bonchev–Trinajstić information content (AvgIpc) is 2.48. The predicted molar refractivity (Wildman–Crippen MR) is 84.7 cm³/mol. The van der Waals surface area contributed by atoms with Gasteiger partial charge >= 0.3 is 10.4 Å². The number of rotatable bonds is 6. The van der Waals surface area contributed by atoms with E-state index in [9.17, 15) is 8.42 Å². The molecule has 0 amide bonds. The minimum Gasteiger partial charge on any atom is -0.368 e. The van der Waals surface area contributed by atoms with E-state index in [1.165, 1.54) is 6.08 Å². The number of nitrogens with two attached hydrogens (primary N) is 2. The summed E-state index contributed by atoms with van der Waals surface area (Å²) in [5.74, 6) is 0.232. The Hall–Kier alpha value is -2.14. The van der Waals surface area contributed by atoms with Crippen LogP contribution in [0.25, 0.3) is 0 Å². The predicted octanol–water partition coefficient (Wildman–Crippen LogP) is -0.000600. The zero-order valence-corrected chi connectivity index (χ0v) is 13.3. The van der Waals surface area contributed by atoms with Gasteiger partial charge in [-0.15, -0.1) is 4.28 Å². The van der Waals surface area contributed by atoms with Crippen LogP contribution in [0.5, 0.6) is 0 Å². The van der Waals surface area contributed by atoms with E-state index in [2.05, 4.69) is 9.28 Å². The molecule has 0 aliphatic carbocycles. The molecule has 0 fully saturated rings. The molecule has 126 valence electrons. The lowest BCUT2D eigenvalue weighted by molar-refractivity contribution is -0.0132. The fraction of sp³-hybridized carbons (Fsp3) is 0.308. The Morgan fingerprint density at radius 3 is 2.57 bits per heavy atom. The fourth-order valence-corrected chi connectivity index (χ4v) is 2.48. The Balaban J connectivity index is 2.18. The third-order valence-corrected chi connectivity index (χ3v) is 3.49. The first kappa shape index (κ1) is 17.2. The third-order valence-electron chi connectivity index (χ3n) is 3.14. The second kappa shape index (κ2) is 6.96. The SMILES string of the molecule is CCN(Cc1ccccc1)C1=CC(N)N(OS(=O)(=O)O)C(N)=N1. The van der Waals surface area contributed by atoms with E-state index < -0.39 is 16.6 Å². The van der Waals surface area contributed by atoms with E-state index in [-0.39, 0.29) is 5.96 Å². The molecule has 10 heteroatoms. The lowest BCUT2D eigenvalue weighted by Crippen LogP contribution is -2.51. The quantitative estimate of drug-likeness (QED) is 0.615. The molecule has 1 aliphatic heterocycles. The lowest BCUT2D eigenvalue weighted by atomic mass is 10.2. The molecule has 9 nitrogen and oxygen atoms in total. The van der Waals surface area contributed by atoms with Crippen LogP contribution in [0, 0.1) is 0 Å². The lowest BCUT2D eigenvalue weighted by Gasteiger charge is -2.32. The van der Waals surface area contributed by atoms with E-state index in [0.29, 0.717) is 24.0 Å². The van der Waals surface area contributed by atoms with Crippen molar-refractivity contribution in [1.82, 2.24) is 9.96 Å². The number of nitrogens with zero attached hydrogens (tertiary/aromatic N) is 3. The highest BCUT2D eigenvalue weighted by molar-refractivity contribution is 7.80. The normalized spacial score (nSPS) is 18.4. The summed E-state index contributed by atoms with van der Waals surface area (Å²) in [6, 6.07) is 9.75. The molecule has 0 bridgehead atoms. The van der Waals surface area contributed by atoms with Gasteiger partial charge in [0.1, 0.15) is 12.0 Å². The maximum absolute atomic E-state index is 10.8. The van der Waals surface area contributed by atoms with Gasteiger partial charge < -0.3 is 16.4 Å². The fourth-order valence-electron chi connectivity index (χ4n) is 2.10. The average molecular weight is 341 g/mol. The third kappa shape index (κ3) is 4.66. The van der Waals surface area contributed by atoms with Gasteiger partial charge in [0.2, 0.25) is 5.96 Å².